The molecule has 0 aliphatic heterocycles. The molecule has 434 valence electrons. The Bertz CT molecular complexity index is 5010. The third-order valence-corrected chi connectivity index (χ3v) is 18.0. The summed E-state index contributed by atoms with van der Waals surface area (Å²) in [5.74, 6) is -0.710. The predicted molar refractivity (Wildman–Crippen MR) is 383 cm³/mol. The highest BCUT2D eigenvalue weighted by Crippen LogP contribution is 2.53. The maximum atomic E-state index is 19.4. The van der Waals surface area contributed by atoms with Crippen molar-refractivity contribution in [1.29, 1.82) is 0 Å². The van der Waals surface area contributed by atoms with E-state index in [1.165, 1.54) is 0 Å². The molecule has 0 bridgehead atoms. The first-order chi connectivity index (χ1) is 45.6. The van der Waals surface area contributed by atoms with Crippen molar-refractivity contribution in [2.45, 2.75) is 0 Å². The highest BCUT2D eigenvalue weighted by molar-refractivity contribution is 6.28. The van der Waals surface area contributed by atoms with Crippen LogP contribution in [0.4, 0.5) is 42.9 Å². The van der Waals surface area contributed by atoms with Crippen LogP contribution < -0.4 is 9.80 Å². The fourth-order valence-electron chi connectivity index (χ4n) is 13.9. The van der Waals surface area contributed by atoms with Gasteiger partial charge < -0.3 is 9.80 Å². The first-order valence-electron chi connectivity index (χ1n) is 31.2. The molecule has 0 atom stereocenters. The van der Waals surface area contributed by atoms with Crippen LogP contribution in [0, 0.1) is 11.6 Å². The normalized spacial score (nSPS) is 11.4. The smallest absolute Gasteiger partial charge is 0.155 e. The van der Waals surface area contributed by atoms with E-state index in [1.54, 1.807) is 0 Å². The van der Waals surface area contributed by atoms with Crippen LogP contribution >= 0.6 is 0 Å². The van der Waals surface area contributed by atoms with E-state index in [9.17, 15) is 0 Å². The molecule has 0 aliphatic rings. The van der Waals surface area contributed by atoms with Crippen molar-refractivity contribution in [3.05, 3.63) is 363 Å². The number of nitrogens with zero attached hydrogens (tertiary/aromatic N) is 2. The Kier molecular flexibility index (Phi) is 14.3. The maximum Gasteiger partial charge on any atom is 0.155 e. The van der Waals surface area contributed by atoms with E-state index in [1.807, 2.05) is 182 Å². The fraction of sp³-hybridized carbons (Fsp3) is 0. The Balaban J connectivity index is 0.922. The fourth-order valence-corrected chi connectivity index (χ4v) is 13.9. The summed E-state index contributed by atoms with van der Waals surface area (Å²) in [6.07, 6.45) is 0. The van der Waals surface area contributed by atoms with Crippen molar-refractivity contribution in [3.63, 3.8) is 0 Å². The van der Waals surface area contributed by atoms with Crippen molar-refractivity contribution >= 4 is 66.4 Å². The zero-order chi connectivity index (χ0) is 61.5. The molecule has 0 N–H and O–H groups in total. The Labute approximate surface area is 534 Å². The summed E-state index contributed by atoms with van der Waals surface area (Å²) in [6.45, 7) is 0. The minimum Gasteiger partial charge on any atom is -0.307 e. The van der Waals surface area contributed by atoms with Gasteiger partial charge in [-0.15, -0.1) is 0 Å². The summed E-state index contributed by atoms with van der Waals surface area (Å²) >= 11 is 0. The number of rotatable bonds is 14. The molecule has 0 saturated heterocycles. The zero-order valence-electron chi connectivity index (χ0n) is 50.1. The molecule has 0 aliphatic carbocycles. The van der Waals surface area contributed by atoms with E-state index in [0.29, 0.717) is 22.5 Å². The second-order valence-electron chi connectivity index (χ2n) is 23.2. The van der Waals surface area contributed by atoms with Gasteiger partial charge in [-0.2, -0.15) is 0 Å². The third-order valence-electron chi connectivity index (χ3n) is 18.0. The molecule has 4 heteroatoms. The van der Waals surface area contributed by atoms with E-state index < -0.39 is 0 Å². The number of halogens is 2. The first-order valence-corrected chi connectivity index (χ1v) is 31.2. The van der Waals surface area contributed by atoms with E-state index in [2.05, 4.69) is 180 Å². The minimum absolute atomic E-state index is 0.355. The van der Waals surface area contributed by atoms with Crippen LogP contribution in [-0.2, 0) is 0 Å². The molecule has 16 aromatic carbocycles. The Morgan fingerprint density at radius 1 is 0.185 bits per heavy atom. The van der Waals surface area contributed by atoms with Crippen LogP contribution in [0.15, 0.2) is 352 Å². The topological polar surface area (TPSA) is 6.48 Å². The summed E-state index contributed by atoms with van der Waals surface area (Å²) in [5, 5.41) is 5.95. The lowest BCUT2D eigenvalue weighted by atomic mass is 9.85. The molecule has 92 heavy (non-hydrogen) atoms. The highest BCUT2D eigenvalue weighted by Gasteiger charge is 2.30. The molecule has 0 aromatic heterocycles. The monoisotopic (exact) mass is 1180 g/mol. The maximum absolute atomic E-state index is 19.4. The van der Waals surface area contributed by atoms with Gasteiger partial charge in [-0.25, -0.2) is 8.78 Å². The van der Waals surface area contributed by atoms with Gasteiger partial charge >= 0.3 is 0 Å². The average Bonchev–Trinajstić information content (AvgIpc) is 0.758. The third kappa shape index (κ3) is 9.74. The van der Waals surface area contributed by atoms with Crippen molar-refractivity contribution in [3.8, 4) is 89.0 Å². The van der Waals surface area contributed by atoms with Gasteiger partial charge in [0.05, 0.1) is 22.7 Å². The van der Waals surface area contributed by atoms with Gasteiger partial charge in [-0.1, -0.05) is 303 Å². The molecule has 0 unspecified atom stereocenters. The van der Waals surface area contributed by atoms with Crippen LogP contribution in [0.25, 0.3) is 121 Å². The molecular formula is C88H58F2N2. The number of anilines is 6. The minimum atomic E-state index is -0.355. The van der Waals surface area contributed by atoms with Crippen molar-refractivity contribution < 1.29 is 8.78 Å². The molecule has 0 spiro atoms. The molecule has 0 amide bonds. The Morgan fingerprint density at radius 3 is 0.761 bits per heavy atom. The molecule has 0 radical (unpaired) electrons. The summed E-state index contributed by atoms with van der Waals surface area (Å²) in [7, 11) is 0. The van der Waals surface area contributed by atoms with Crippen molar-refractivity contribution in [2.75, 3.05) is 9.80 Å². The second-order valence-corrected chi connectivity index (χ2v) is 23.2. The number of hydrogen-bond acceptors (Lipinski definition) is 2. The van der Waals surface area contributed by atoms with Crippen LogP contribution in [0.2, 0.25) is 0 Å². The molecule has 16 rings (SSSR count). The lowest BCUT2D eigenvalue weighted by Crippen LogP contribution is -2.14. The molecule has 16 aromatic rings. The van der Waals surface area contributed by atoms with Crippen molar-refractivity contribution in [1.82, 2.24) is 0 Å². The van der Waals surface area contributed by atoms with Gasteiger partial charge in [0.25, 0.3) is 0 Å². The summed E-state index contributed by atoms with van der Waals surface area (Å²) in [6, 6.07) is 120. The average molecular weight is 1180 g/mol. The number of hydrogen-bond donors (Lipinski definition) is 0. The number of benzene rings is 16. The molecule has 0 fully saturated rings. The zero-order valence-corrected chi connectivity index (χ0v) is 50.1. The van der Waals surface area contributed by atoms with Gasteiger partial charge in [0.15, 0.2) is 11.6 Å². The summed E-state index contributed by atoms with van der Waals surface area (Å²) < 4.78 is 38.9. The lowest BCUT2D eigenvalue weighted by Gasteiger charge is -2.31. The van der Waals surface area contributed by atoms with E-state index in [4.69, 9.17) is 0 Å². The van der Waals surface area contributed by atoms with Crippen LogP contribution in [-0.4, -0.2) is 0 Å². The van der Waals surface area contributed by atoms with Gasteiger partial charge in [0, 0.05) is 33.3 Å². The number of para-hydroxylation sites is 2. The Hall–Kier alpha value is -12.0. The Morgan fingerprint density at radius 2 is 0.435 bits per heavy atom. The molecule has 2 nitrogen and oxygen atoms in total. The predicted octanol–water partition coefficient (Wildman–Crippen LogP) is 25.1. The van der Waals surface area contributed by atoms with Gasteiger partial charge in [-0.05, 0) is 148 Å². The van der Waals surface area contributed by atoms with Crippen molar-refractivity contribution in [2.24, 2.45) is 0 Å². The molecule has 0 heterocycles. The molecular weight excluding hydrogens is 1120 g/mol. The first kappa shape index (κ1) is 55.3. The lowest BCUT2D eigenvalue weighted by molar-refractivity contribution is 0.632. The van der Waals surface area contributed by atoms with E-state index in [-0.39, 0.29) is 11.6 Å². The largest absolute Gasteiger partial charge is 0.307 e. The van der Waals surface area contributed by atoms with Gasteiger partial charge in [0.1, 0.15) is 0 Å². The van der Waals surface area contributed by atoms with Gasteiger partial charge in [0.2, 0.25) is 0 Å². The standard InChI is InChI=1S/C88H58F2N2/c89-87-81(57-53-75(71-43-23-19-39-67(71)59-27-7-1-8-28-59)85(87)73-45-25-21-41-69(73)61-31-11-3-12-32-61)91(65-35-15-5-16-36-65)79-55-49-63-48-52-78-80(56-50-64-47-51-77(79)83(63)84(64)78)92(66-37-17-6-18-38-66)82-58-54-76(72-44-24-20-40-68(72)60-29-9-2-10-30-60)86(88(82)90)74-46-26-22-42-70(74)62-33-13-4-14-34-62/h1-58H. The quantitative estimate of drug-likeness (QED) is 0.100. The van der Waals surface area contributed by atoms with Crippen LogP contribution in [0.5, 0.6) is 0 Å². The summed E-state index contributed by atoms with van der Waals surface area (Å²) in [4.78, 5) is 4.17. The summed E-state index contributed by atoms with van der Waals surface area (Å²) in [5.41, 5.74) is 17.9. The van der Waals surface area contributed by atoms with Crippen LogP contribution in [0.1, 0.15) is 0 Å². The second kappa shape index (κ2) is 23.8. The van der Waals surface area contributed by atoms with Gasteiger partial charge in [-0.3, -0.25) is 0 Å². The van der Waals surface area contributed by atoms with Crippen LogP contribution in [0.3, 0.4) is 0 Å². The highest BCUT2D eigenvalue weighted by atomic mass is 19.1. The molecule has 0 saturated carbocycles. The SMILES string of the molecule is Fc1c(N(c2ccccc2)c2ccc3ccc4c(N(c5ccccc5)c5ccc(-c6ccccc6-c6ccccc6)c(-c6ccccc6-c6ccccc6)c5F)ccc5ccc2c3c54)ccc(-c2ccccc2-c2ccccc2)c1-c1ccccc1-c1ccccc1. The van der Waals surface area contributed by atoms with E-state index in [0.717, 1.165) is 133 Å². The van der Waals surface area contributed by atoms with E-state index >= 15 is 8.78 Å².